The first-order valence-corrected chi connectivity index (χ1v) is 6.88. The molecular weight excluding hydrogens is 210 g/mol. The molecule has 1 unspecified atom stereocenters. The Labute approximate surface area is 108 Å². The zero-order valence-electron chi connectivity index (χ0n) is 13.1. The van der Waals surface area contributed by atoms with E-state index in [2.05, 4.69) is 60.4 Å². The fourth-order valence-electron chi connectivity index (χ4n) is 2.96. The molecule has 1 aliphatic rings. The van der Waals surface area contributed by atoms with Gasteiger partial charge in [0.05, 0.1) is 11.2 Å². The number of hydrogen-bond donors (Lipinski definition) is 0. The molecule has 17 heavy (non-hydrogen) atoms. The van der Waals surface area contributed by atoms with Crippen LogP contribution in [0.25, 0.3) is 0 Å². The molecule has 1 fully saturated rings. The minimum Gasteiger partial charge on any atom is -0.368 e. The topological polar surface area (TPSA) is 12.5 Å². The summed E-state index contributed by atoms with van der Waals surface area (Å²) in [5.41, 5.74) is -0.0501. The minimum atomic E-state index is -0.101. The molecule has 0 amide bonds. The maximum Gasteiger partial charge on any atom is 0.0863 e. The van der Waals surface area contributed by atoms with E-state index >= 15 is 0 Å². The highest BCUT2D eigenvalue weighted by Crippen LogP contribution is 2.43. The summed E-state index contributed by atoms with van der Waals surface area (Å²) < 4.78 is 6.50. The lowest BCUT2D eigenvalue weighted by Gasteiger charge is -2.51. The largest absolute Gasteiger partial charge is 0.368 e. The van der Waals surface area contributed by atoms with Crippen LogP contribution in [0.15, 0.2) is 0 Å². The Kier molecular flexibility index (Phi) is 4.01. The van der Waals surface area contributed by atoms with Crippen LogP contribution in [0.4, 0.5) is 0 Å². The fraction of sp³-hybridized carbons (Fsp3) is 1.00. The number of rotatable bonds is 2. The van der Waals surface area contributed by atoms with Crippen LogP contribution < -0.4 is 0 Å². The van der Waals surface area contributed by atoms with Gasteiger partial charge in [0, 0.05) is 6.04 Å². The third-order valence-electron chi connectivity index (χ3n) is 4.16. The van der Waals surface area contributed by atoms with E-state index < -0.39 is 0 Å². The third-order valence-corrected chi connectivity index (χ3v) is 4.16. The number of hydrogen-bond acceptors (Lipinski definition) is 2. The van der Waals surface area contributed by atoms with Gasteiger partial charge in [0.2, 0.25) is 0 Å². The van der Waals surface area contributed by atoms with Crippen molar-refractivity contribution in [1.82, 2.24) is 4.90 Å². The van der Waals surface area contributed by atoms with Gasteiger partial charge in [0.25, 0.3) is 0 Å². The van der Waals surface area contributed by atoms with Crippen molar-refractivity contribution in [3.05, 3.63) is 0 Å². The maximum absolute atomic E-state index is 6.50. The molecule has 2 atom stereocenters. The first-order valence-electron chi connectivity index (χ1n) is 6.88. The zero-order valence-corrected chi connectivity index (χ0v) is 13.1. The SMILES string of the molecule is CN1CCC[C@H]1C(C)(OC(C)(C)C)C(C)(C)C. The summed E-state index contributed by atoms with van der Waals surface area (Å²) in [5.74, 6) is 0. The standard InChI is InChI=1S/C15H31NO/c1-13(2,3)15(7,17-14(4,5)6)12-10-9-11-16(12)8/h12H,9-11H2,1-8H3/t12-,15?/m0/s1. The van der Waals surface area contributed by atoms with Crippen molar-refractivity contribution in [3.63, 3.8) is 0 Å². The van der Waals surface area contributed by atoms with Gasteiger partial charge in [-0.05, 0) is 59.5 Å². The third kappa shape index (κ3) is 3.23. The van der Waals surface area contributed by atoms with Crippen LogP contribution in [0.2, 0.25) is 0 Å². The van der Waals surface area contributed by atoms with Crippen LogP contribution in [0.3, 0.4) is 0 Å². The van der Waals surface area contributed by atoms with E-state index in [9.17, 15) is 0 Å². The molecular formula is C15H31NO. The van der Waals surface area contributed by atoms with Crippen LogP contribution in [0, 0.1) is 5.41 Å². The minimum absolute atomic E-state index is 0.0918. The highest BCUT2D eigenvalue weighted by molar-refractivity contribution is 5.02. The Morgan fingerprint density at radius 2 is 1.53 bits per heavy atom. The molecule has 0 bridgehead atoms. The van der Waals surface area contributed by atoms with Gasteiger partial charge in [-0.25, -0.2) is 0 Å². The molecule has 1 rings (SSSR count). The smallest absolute Gasteiger partial charge is 0.0863 e. The average molecular weight is 241 g/mol. The molecule has 1 aliphatic heterocycles. The van der Waals surface area contributed by atoms with E-state index in [1.165, 1.54) is 19.4 Å². The van der Waals surface area contributed by atoms with Crippen LogP contribution in [-0.2, 0) is 4.74 Å². The highest BCUT2D eigenvalue weighted by atomic mass is 16.5. The molecule has 2 nitrogen and oxygen atoms in total. The van der Waals surface area contributed by atoms with Gasteiger partial charge in [-0.1, -0.05) is 20.8 Å². The number of nitrogens with zero attached hydrogens (tertiary/aromatic N) is 1. The predicted molar refractivity (Wildman–Crippen MR) is 74.4 cm³/mol. The molecule has 0 N–H and O–H groups in total. The summed E-state index contributed by atoms with van der Waals surface area (Å²) in [4.78, 5) is 2.47. The summed E-state index contributed by atoms with van der Waals surface area (Å²) in [6.07, 6.45) is 2.54. The molecule has 0 aliphatic carbocycles. The lowest BCUT2D eigenvalue weighted by Crippen LogP contribution is -2.58. The van der Waals surface area contributed by atoms with Gasteiger partial charge in [0.1, 0.15) is 0 Å². The molecule has 2 heteroatoms. The fourth-order valence-corrected chi connectivity index (χ4v) is 2.96. The first-order chi connectivity index (χ1) is 7.47. The Morgan fingerprint density at radius 3 is 1.82 bits per heavy atom. The molecule has 1 saturated heterocycles. The van der Waals surface area contributed by atoms with E-state index in [1.807, 2.05) is 0 Å². The van der Waals surface area contributed by atoms with Gasteiger partial charge in [-0.15, -0.1) is 0 Å². The van der Waals surface area contributed by atoms with Gasteiger partial charge in [-0.2, -0.15) is 0 Å². The second kappa shape index (κ2) is 4.55. The van der Waals surface area contributed by atoms with Crippen molar-refractivity contribution < 1.29 is 4.74 Å². The lowest BCUT2D eigenvalue weighted by molar-refractivity contribution is -0.199. The van der Waals surface area contributed by atoms with Crippen molar-refractivity contribution in [3.8, 4) is 0 Å². The molecule has 0 spiro atoms. The Hall–Kier alpha value is -0.0800. The monoisotopic (exact) mass is 241 g/mol. The van der Waals surface area contributed by atoms with Gasteiger partial charge in [-0.3, -0.25) is 0 Å². The van der Waals surface area contributed by atoms with Crippen molar-refractivity contribution in [1.29, 1.82) is 0 Å². The number of likely N-dealkylation sites (N-methyl/N-ethyl adjacent to an activating group) is 1. The molecule has 0 aromatic heterocycles. The van der Waals surface area contributed by atoms with E-state index in [0.29, 0.717) is 6.04 Å². The van der Waals surface area contributed by atoms with Crippen LogP contribution in [0.5, 0.6) is 0 Å². The van der Waals surface area contributed by atoms with E-state index in [1.54, 1.807) is 0 Å². The van der Waals surface area contributed by atoms with Gasteiger partial charge >= 0.3 is 0 Å². The van der Waals surface area contributed by atoms with Crippen LogP contribution in [-0.4, -0.2) is 35.7 Å². The maximum atomic E-state index is 6.50. The summed E-state index contributed by atoms with van der Waals surface area (Å²) in [6, 6.07) is 0.529. The van der Waals surface area contributed by atoms with Crippen molar-refractivity contribution in [2.45, 2.75) is 78.6 Å². The molecule has 0 aromatic carbocycles. The predicted octanol–water partition coefficient (Wildman–Crippen LogP) is 3.70. The molecule has 0 radical (unpaired) electrons. The Bertz CT molecular complexity index is 261. The average Bonchev–Trinajstić information content (AvgIpc) is 2.46. The second-order valence-electron chi connectivity index (χ2n) is 7.71. The van der Waals surface area contributed by atoms with E-state index in [4.69, 9.17) is 4.74 Å². The molecule has 0 saturated carbocycles. The van der Waals surface area contributed by atoms with Crippen molar-refractivity contribution in [2.24, 2.45) is 5.41 Å². The van der Waals surface area contributed by atoms with Crippen LogP contribution in [0.1, 0.15) is 61.3 Å². The Balaban J connectivity index is 3.02. The second-order valence-corrected chi connectivity index (χ2v) is 7.71. The molecule has 1 heterocycles. The van der Waals surface area contributed by atoms with Gasteiger partial charge < -0.3 is 9.64 Å². The molecule has 102 valence electrons. The quantitative estimate of drug-likeness (QED) is 0.731. The first kappa shape index (κ1) is 15.0. The summed E-state index contributed by atoms with van der Waals surface area (Å²) in [7, 11) is 2.23. The van der Waals surface area contributed by atoms with E-state index in [0.717, 1.165) is 0 Å². The van der Waals surface area contributed by atoms with E-state index in [-0.39, 0.29) is 16.6 Å². The number of likely N-dealkylation sites (tertiary alicyclic amines) is 1. The van der Waals surface area contributed by atoms with Gasteiger partial charge in [0.15, 0.2) is 0 Å². The normalized spacial score (nSPS) is 27.2. The van der Waals surface area contributed by atoms with Crippen molar-refractivity contribution >= 4 is 0 Å². The number of ether oxygens (including phenoxy) is 1. The summed E-state index contributed by atoms with van der Waals surface area (Å²) in [6.45, 7) is 16.9. The molecule has 0 aromatic rings. The zero-order chi connectivity index (χ0) is 13.5. The summed E-state index contributed by atoms with van der Waals surface area (Å²) in [5, 5.41) is 0. The lowest BCUT2D eigenvalue weighted by atomic mass is 9.71. The summed E-state index contributed by atoms with van der Waals surface area (Å²) >= 11 is 0. The van der Waals surface area contributed by atoms with Crippen molar-refractivity contribution in [2.75, 3.05) is 13.6 Å². The Morgan fingerprint density at radius 1 is 1.00 bits per heavy atom. The van der Waals surface area contributed by atoms with Crippen LogP contribution >= 0.6 is 0 Å². The highest BCUT2D eigenvalue weighted by Gasteiger charge is 2.50.